The lowest BCUT2D eigenvalue weighted by Gasteiger charge is -2.08. The first-order valence-electron chi connectivity index (χ1n) is 6.15. The second kappa shape index (κ2) is 7.79. The number of amides is 1. The third-order valence-electron chi connectivity index (χ3n) is 2.51. The van der Waals surface area contributed by atoms with Crippen molar-refractivity contribution in [2.75, 3.05) is 19.6 Å². The molecule has 1 amide bonds. The van der Waals surface area contributed by atoms with Crippen LogP contribution in [0.4, 0.5) is 0 Å². The minimum absolute atomic E-state index is 0.0318. The molecule has 0 aromatic carbocycles. The number of aryl methyl sites for hydroxylation is 1. The summed E-state index contributed by atoms with van der Waals surface area (Å²) in [7, 11) is 0. The van der Waals surface area contributed by atoms with Crippen LogP contribution in [0.2, 0.25) is 0 Å². The van der Waals surface area contributed by atoms with E-state index in [1.165, 1.54) is 0 Å². The monoisotopic (exact) mass is 251 g/mol. The molecule has 0 saturated carbocycles. The first-order chi connectivity index (χ1) is 8.59. The van der Waals surface area contributed by atoms with Gasteiger partial charge in [0.2, 0.25) is 5.91 Å². The largest absolute Gasteiger partial charge is 0.392 e. The highest BCUT2D eigenvalue weighted by Crippen LogP contribution is 2.03. The summed E-state index contributed by atoms with van der Waals surface area (Å²) in [5.41, 5.74) is 1.84. The Balaban J connectivity index is 2.20. The second-order valence-corrected chi connectivity index (χ2v) is 4.35. The van der Waals surface area contributed by atoms with Crippen LogP contribution in [0.5, 0.6) is 0 Å². The Morgan fingerprint density at radius 3 is 2.94 bits per heavy atom. The summed E-state index contributed by atoms with van der Waals surface area (Å²) in [5, 5.41) is 14.9. The zero-order valence-corrected chi connectivity index (χ0v) is 10.9. The fraction of sp³-hybridized carbons (Fsp3) is 0.538. The molecule has 0 fully saturated rings. The smallest absolute Gasteiger partial charge is 0.226 e. The summed E-state index contributed by atoms with van der Waals surface area (Å²) in [5.74, 6) is -0.0318. The molecule has 1 rings (SSSR count). The highest BCUT2D eigenvalue weighted by atomic mass is 16.3. The Hall–Kier alpha value is -1.46. The number of aliphatic hydroxyl groups is 1. The first-order valence-corrected chi connectivity index (χ1v) is 6.15. The van der Waals surface area contributed by atoms with E-state index in [0.29, 0.717) is 26.1 Å². The molecule has 0 bridgehead atoms. The van der Waals surface area contributed by atoms with E-state index in [0.717, 1.165) is 11.3 Å². The van der Waals surface area contributed by atoms with Gasteiger partial charge < -0.3 is 15.7 Å². The van der Waals surface area contributed by atoms with Gasteiger partial charge in [0.25, 0.3) is 0 Å². The van der Waals surface area contributed by atoms with E-state index < -0.39 is 0 Å². The SMILES string of the molecule is Cc1cccnc1CC(=O)NCCNCC(C)O. The number of hydrogen-bond acceptors (Lipinski definition) is 4. The summed E-state index contributed by atoms with van der Waals surface area (Å²) in [6, 6.07) is 3.80. The molecule has 1 aromatic rings. The van der Waals surface area contributed by atoms with Gasteiger partial charge in [-0.3, -0.25) is 9.78 Å². The zero-order chi connectivity index (χ0) is 13.4. The van der Waals surface area contributed by atoms with Crippen LogP contribution in [-0.2, 0) is 11.2 Å². The first kappa shape index (κ1) is 14.6. The maximum Gasteiger partial charge on any atom is 0.226 e. The van der Waals surface area contributed by atoms with E-state index in [1.54, 1.807) is 13.1 Å². The number of hydrogen-bond donors (Lipinski definition) is 3. The maximum absolute atomic E-state index is 11.6. The van der Waals surface area contributed by atoms with Crippen LogP contribution >= 0.6 is 0 Å². The molecule has 1 heterocycles. The predicted octanol–water partition coefficient (Wildman–Crippen LogP) is 0.0191. The number of nitrogens with one attached hydrogen (secondary N) is 2. The van der Waals surface area contributed by atoms with Gasteiger partial charge in [0, 0.05) is 25.8 Å². The third kappa shape index (κ3) is 5.75. The Bertz CT molecular complexity index is 380. The standard InChI is InChI=1S/C13H21N3O2/c1-10-4-3-5-15-12(10)8-13(18)16-7-6-14-9-11(2)17/h3-5,11,14,17H,6-9H2,1-2H3,(H,16,18). The highest BCUT2D eigenvalue weighted by Gasteiger charge is 2.05. The quantitative estimate of drug-likeness (QED) is 0.597. The fourth-order valence-corrected chi connectivity index (χ4v) is 1.52. The van der Waals surface area contributed by atoms with Crippen LogP contribution in [0.25, 0.3) is 0 Å². The van der Waals surface area contributed by atoms with Crippen molar-refractivity contribution >= 4 is 5.91 Å². The van der Waals surface area contributed by atoms with E-state index >= 15 is 0 Å². The van der Waals surface area contributed by atoms with Crippen LogP contribution < -0.4 is 10.6 Å². The Kier molecular flexibility index (Phi) is 6.32. The van der Waals surface area contributed by atoms with Gasteiger partial charge >= 0.3 is 0 Å². The van der Waals surface area contributed by atoms with Crippen molar-refractivity contribution in [2.45, 2.75) is 26.4 Å². The lowest BCUT2D eigenvalue weighted by Crippen LogP contribution is -2.35. The number of aromatic nitrogens is 1. The van der Waals surface area contributed by atoms with Gasteiger partial charge in [-0.25, -0.2) is 0 Å². The van der Waals surface area contributed by atoms with Crippen LogP contribution in [0.15, 0.2) is 18.3 Å². The van der Waals surface area contributed by atoms with Gasteiger partial charge in [-0.1, -0.05) is 6.07 Å². The summed E-state index contributed by atoms with van der Waals surface area (Å²) >= 11 is 0. The van der Waals surface area contributed by atoms with E-state index in [4.69, 9.17) is 5.11 Å². The van der Waals surface area contributed by atoms with E-state index in [2.05, 4.69) is 15.6 Å². The minimum Gasteiger partial charge on any atom is -0.392 e. The summed E-state index contributed by atoms with van der Waals surface area (Å²) in [6.45, 7) is 5.40. The predicted molar refractivity (Wildman–Crippen MR) is 70.2 cm³/mol. The molecule has 5 heteroatoms. The molecule has 1 atom stereocenters. The highest BCUT2D eigenvalue weighted by molar-refractivity contribution is 5.78. The van der Waals surface area contributed by atoms with Gasteiger partial charge in [0.05, 0.1) is 18.2 Å². The van der Waals surface area contributed by atoms with Crippen LogP contribution in [0.1, 0.15) is 18.2 Å². The van der Waals surface area contributed by atoms with Crippen molar-refractivity contribution in [2.24, 2.45) is 0 Å². The van der Waals surface area contributed by atoms with Gasteiger partial charge in [-0.05, 0) is 25.5 Å². The van der Waals surface area contributed by atoms with E-state index in [9.17, 15) is 4.79 Å². The zero-order valence-electron chi connectivity index (χ0n) is 10.9. The third-order valence-corrected chi connectivity index (χ3v) is 2.51. The van der Waals surface area contributed by atoms with Gasteiger partial charge in [-0.15, -0.1) is 0 Å². The molecule has 5 nitrogen and oxygen atoms in total. The molecular weight excluding hydrogens is 230 g/mol. The normalized spacial score (nSPS) is 12.2. The Morgan fingerprint density at radius 1 is 1.50 bits per heavy atom. The van der Waals surface area contributed by atoms with Gasteiger partial charge in [0.1, 0.15) is 0 Å². The van der Waals surface area contributed by atoms with Gasteiger partial charge in [0.15, 0.2) is 0 Å². The van der Waals surface area contributed by atoms with Crippen molar-refractivity contribution in [3.63, 3.8) is 0 Å². The molecule has 0 radical (unpaired) electrons. The number of carbonyl (C=O) groups excluding carboxylic acids is 1. The summed E-state index contributed by atoms with van der Waals surface area (Å²) in [6.07, 6.45) is 1.64. The lowest BCUT2D eigenvalue weighted by molar-refractivity contribution is -0.120. The van der Waals surface area contributed by atoms with Crippen LogP contribution in [0.3, 0.4) is 0 Å². The van der Waals surface area contributed by atoms with Crippen molar-refractivity contribution in [3.8, 4) is 0 Å². The molecule has 0 aliphatic carbocycles. The molecular formula is C13H21N3O2. The van der Waals surface area contributed by atoms with E-state index in [1.807, 2.05) is 19.1 Å². The van der Waals surface area contributed by atoms with Crippen molar-refractivity contribution < 1.29 is 9.90 Å². The molecule has 1 unspecified atom stereocenters. The molecule has 3 N–H and O–H groups in total. The number of aliphatic hydroxyl groups excluding tert-OH is 1. The molecule has 1 aromatic heterocycles. The van der Waals surface area contributed by atoms with Gasteiger partial charge in [-0.2, -0.15) is 0 Å². The summed E-state index contributed by atoms with van der Waals surface area (Å²) < 4.78 is 0. The number of rotatable bonds is 7. The topological polar surface area (TPSA) is 74.2 Å². The molecule has 0 aliphatic rings. The minimum atomic E-state index is -0.364. The maximum atomic E-state index is 11.6. The van der Waals surface area contributed by atoms with Crippen LogP contribution in [0, 0.1) is 6.92 Å². The lowest BCUT2D eigenvalue weighted by atomic mass is 10.1. The molecule has 100 valence electrons. The summed E-state index contributed by atoms with van der Waals surface area (Å²) in [4.78, 5) is 15.8. The fourth-order valence-electron chi connectivity index (χ4n) is 1.52. The average molecular weight is 251 g/mol. The molecule has 0 spiro atoms. The number of nitrogens with zero attached hydrogens (tertiary/aromatic N) is 1. The molecule has 0 saturated heterocycles. The van der Waals surface area contributed by atoms with Crippen LogP contribution in [-0.4, -0.2) is 41.7 Å². The molecule has 18 heavy (non-hydrogen) atoms. The Morgan fingerprint density at radius 2 is 2.28 bits per heavy atom. The molecule has 0 aliphatic heterocycles. The number of pyridine rings is 1. The van der Waals surface area contributed by atoms with Crippen molar-refractivity contribution in [1.82, 2.24) is 15.6 Å². The average Bonchev–Trinajstić information content (AvgIpc) is 2.31. The second-order valence-electron chi connectivity index (χ2n) is 4.35. The van der Waals surface area contributed by atoms with E-state index in [-0.39, 0.29) is 12.0 Å². The number of carbonyl (C=O) groups is 1. The van der Waals surface area contributed by atoms with Crippen molar-refractivity contribution in [3.05, 3.63) is 29.6 Å². The van der Waals surface area contributed by atoms with Crippen molar-refractivity contribution in [1.29, 1.82) is 0 Å². The Labute approximate surface area is 108 Å².